The van der Waals surface area contributed by atoms with Gasteiger partial charge in [-0.3, -0.25) is 4.79 Å². The molecule has 1 aromatic rings. The fraction of sp³-hybridized carbons (Fsp3) is 0.727. The lowest BCUT2D eigenvalue weighted by Crippen LogP contribution is -2.48. The Morgan fingerprint density at radius 3 is 2.94 bits per heavy atom. The van der Waals surface area contributed by atoms with Gasteiger partial charge in [0.2, 0.25) is 11.0 Å². The molecule has 1 aliphatic rings. The summed E-state index contributed by atoms with van der Waals surface area (Å²) >= 11 is 1.47. The number of anilines is 1. The molecule has 6 heteroatoms. The number of nitrogens with zero attached hydrogens (tertiary/aromatic N) is 2. The van der Waals surface area contributed by atoms with Crippen LogP contribution >= 0.6 is 11.3 Å². The van der Waals surface area contributed by atoms with Crippen LogP contribution in [0.25, 0.3) is 0 Å². The summed E-state index contributed by atoms with van der Waals surface area (Å²) in [7, 11) is 0. The van der Waals surface area contributed by atoms with Crippen molar-refractivity contribution in [2.24, 2.45) is 11.8 Å². The molecule has 1 aromatic heterocycles. The van der Waals surface area contributed by atoms with E-state index in [1.807, 2.05) is 6.92 Å². The quantitative estimate of drug-likeness (QED) is 0.831. The zero-order valence-electron chi connectivity index (χ0n) is 10.2. The summed E-state index contributed by atoms with van der Waals surface area (Å²) < 4.78 is 0. The normalized spacial score (nSPS) is 17.5. The SMILES string of the molecule is CCCc1nnc(NC(=O)C(C)C2CNC2)s1. The number of rotatable bonds is 5. The van der Waals surface area contributed by atoms with Crippen LogP contribution < -0.4 is 10.6 Å². The van der Waals surface area contributed by atoms with E-state index in [-0.39, 0.29) is 11.8 Å². The fourth-order valence-electron chi connectivity index (χ4n) is 1.72. The van der Waals surface area contributed by atoms with Crippen molar-refractivity contribution in [3.63, 3.8) is 0 Å². The van der Waals surface area contributed by atoms with Crippen molar-refractivity contribution in [3.05, 3.63) is 5.01 Å². The zero-order chi connectivity index (χ0) is 12.3. The molecule has 2 heterocycles. The Balaban J connectivity index is 1.88. The number of hydrogen-bond donors (Lipinski definition) is 2. The van der Waals surface area contributed by atoms with E-state index in [9.17, 15) is 4.79 Å². The van der Waals surface area contributed by atoms with Gasteiger partial charge in [-0.05, 0) is 25.4 Å². The predicted octanol–water partition coefficient (Wildman–Crippen LogP) is 1.28. The number of hydrogen-bond acceptors (Lipinski definition) is 5. The van der Waals surface area contributed by atoms with Gasteiger partial charge >= 0.3 is 0 Å². The molecule has 0 aromatic carbocycles. The Morgan fingerprint density at radius 1 is 1.59 bits per heavy atom. The maximum atomic E-state index is 11.9. The van der Waals surface area contributed by atoms with Crippen LogP contribution in [0.3, 0.4) is 0 Å². The van der Waals surface area contributed by atoms with Crippen LogP contribution in [-0.2, 0) is 11.2 Å². The molecule has 17 heavy (non-hydrogen) atoms. The summed E-state index contributed by atoms with van der Waals surface area (Å²) in [5.74, 6) is 0.545. The second kappa shape index (κ2) is 5.55. The van der Waals surface area contributed by atoms with Crippen molar-refractivity contribution in [2.75, 3.05) is 18.4 Å². The maximum Gasteiger partial charge on any atom is 0.229 e. The van der Waals surface area contributed by atoms with Gasteiger partial charge in [-0.2, -0.15) is 0 Å². The van der Waals surface area contributed by atoms with E-state index in [4.69, 9.17) is 0 Å². The van der Waals surface area contributed by atoms with Crippen LogP contribution in [0.4, 0.5) is 5.13 Å². The largest absolute Gasteiger partial charge is 0.316 e. The van der Waals surface area contributed by atoms with Crippen LogP contribution in [0.2, 0.25) is 0 Å². The Bertz CT molecular complexity index is 389. The molecule has 1 aliphatic heterocycles. The van der Waals surface area contributed by atoms with Gasteiger partial charge in [0.15, 0.2) is 0 Å². The van der Waals surface area contributed by atoms with Gasteiger partial charge in [-0.25, -0.2) is 0 Å². The number of carbonyl (C=O) groups is 1. The molecule has 5 nitrogen and oxygen atoms in total. The molecule has 94 valence electrons. The molecule has 1 unspecified atom stereocenters. The first-order valence-corrected chi connectivity index (χ1v) is 6.86. The van der Waals surface area contributed by atoms with Crippen molar-refractivity contribution >= 4 is 22.4 Å². The van der Waals surface area contributed by atoms with Gasteiger partial charge in [0.25, 0.3) is 0 Å². The lowest BCUT2D eigenvalue weighted by atomic mass is 9.88. The van der Waals surface area contributed by atoms with Gasteiger partial charge in [-0.15, -0.1) is 10.2 Å². The van der Waals surface area contributed by atoms with E-state index in [1.54, 1.807) is 0 Å². The fourth-order valence-corrected chi connectivity index (χ4v) is 2.56. The van der Waals surface area contributed by atoms with Gasteiger partial charge in [-0.1, -0.05) is 25.2 Å². The van der Waals surface area contributed by atoms with Crippen molar-refractivity contribution in [1.82, 2.24) is 15.5 Å². The van der Waals surface area contributed by atoms with E-state index in [0.717, 1.165) is 30.9 Å². The lowest BCUT2D eigenvalue weighted by Gasteiger charge is -2.31. The Kier molecular flexibility index (Phi) is 4.06. The summed E-state index contributed by atoms with van der Waals surface area (Å²) in [6.07, 6.45) is 1.97. The van der Waals surface area contributed by atoms with Crippen LogP contribution in [0, 0.1) is 11.8 Å². The van der Waals surface area contributed by atoms with Crippen molar-refractivity contribution in [1.29, 1.82) is 0 Å². The highest BCUT2D eigenvalue weighted by atomic mass is 32.1. The summed E-state index contributed by atoms with van der Waals surface area (Å²) in [6.45, 7) is 5.94. The molecule has 0 radical (unpaired) electrons. The summed E-state index contributed by atoms with van der Waals surface area (Å²) in [4.78, 5) is 11.9. The van der Waals surface area contributed by atoms with Gasteiger partial charge in [0.1, 0.15) is 5.01 Å². The Labute approximate surface area is 105 Å². The van der Waals surface area contributed by atoms with Gasteiger partial charge in [0, 0.05) is 12.3 Å². The Hall–Kier alpha value is -1.01. The van der Waals surface area contributed by atoms with Crippen LogP contribution in [0.5, 0.6) is 0 Å². The van der Waals surface area contributed by atoms with Crippen molar-refractivity contribution in [3.8, 4) is 0 Å². The maximum absolute atomic E-state index is 11.9. The molecule has 1 fully saturated rings. The highest BCUT2D eigenvalue weighted by molar-refractivity contribution is 7.15. The minimum Gasteiger partial charge on any atom is -0.316 e. The molecule has 2 N–H and O–H groups in total. The molecule has 0 aliphatic carbocycles. The average Bonchev–Trinajstić information content (AvgIpc) is 2.63. The van der Waals surface area contributed by atoms with Crippen molar-refractivity contribution < 1.29 is 4.79 Å². The third-order valence-corrected chi connectivity index (χ3v) is 3.99. The third-order valence-electron chi connectivity index (χ3n) is 3.09. The third kappa shape index (κ3) is 3.01. The molecule has 0 saturated carbocycles. The lowest BCUT2D eigenvalue weighted by molar-refractivity contribution is -0.121. The molecule has 1 saturated heterocycles. The van der Waals surface area contributed by atoms with Crippen molar-refractivity contribution in [2.45, 2.75) is 26.7 Å². The first-order valence-electron chi connectivity index (χ1n) is 6.04. The topological polar surface area (TPSA) is 66.9 Å². The minimum atomic E-state index is 0.0368. The molecule has 1 atom stereocenters. The first-order chi connectivity index (χ1) is 8.20. The smallest absolute Gasteiger partial charge is 0.229 e. The highest BCUT2D eigenvalue weighted by Gasteiger charge is 2.29. The number of amides is 1. The minimum absolute atomic E-state index is 0.0368. The average molecular weight is 254 g/mol. The summed E-state index contributed by atoms with van der Waals surface area (Å²) in [6, 6.07) is 0. The molecular weight excluding hydrogens is 236 g/mol. The van der Waals surface area contributed by atoms with E-state index >= 15 is 0 Å². The van der Waals surface area contributed by atoms with E-state index in [1.165, 1.54) is 11.3 Å². The Morgan fingerprint density at radius 2 is 2.35 bits per heavy atom. The molecule has 0 bridgehead atoms. The standard InChI is InChI=1S/C11H18N4OS/c1-3-4-9-14-15-11(17-9)13-10(16)7(2)8-5-12-6-8/h7-8,12H,3-6H2,1-2H3,(H,13,15,16). The number of carbonyl (C=O) groups excluding carboxylic acids is 1. The van der Waals surface area contributed by atoms with Crippen LogP contribution in [-0.4, -0.2) is 29.2 Å². The number of aryl methyl sites for hydroxylation is 1. The monoisotopic (exact) mass is 254 g/mol. The molecule has 0 spiro atoms. The van der Waals surface area contributed by atoms with Gasteiger partial charge < -0.3 is 10.6 Å². The predicted molar refractivity (Wildman–Crippen MR) is 68.1 cm³/mol. The number of aromatic nitrogens is 2. The second-order valence-electron chi connectivity index (χ2n) is 4.45. The molecular formula is C11H18N4OS. The second-order valence-corrected chi connectivity index (χ2v) is 5.51. The van der Waals surface area contributed by atoms with Gasteiger partial charge in [0.05, 0.1) is 0 Å². The summed E-state index contributed by atoms with van der Waals surface area (Å²) in [5.41, 5.74) is 0. The number of nitrogens with one attached hydrogen (secondary N) is 2. The molecule has 2 rings (SSSR count). The van der Waals surface area contributed by atoms with E-state index in [2.05, 4.69) is 27.8 Å². The molecule has 1 amide bonds. The van der Waals surface area contributed by atoms with Crippen LogP contribution in [0.1, 0.15) is 25.3 Å². The first kappa shape index (κ1) is 12.4. The van der Waals surface area contributed by atoms with E-state index < -0.39 is 0 Å². The summed E-state index contributed by atoms with van der Waals surface area (Å²) in [5, 5.41) is 15.7. The van der Waals surface area contributed by atoms with Crippen LogP contribution in [0.15, 0.2) is 0 Å². The van der Waals surface area contributed by atoms with E-state index in [0.29, 0.717) is 11.0 Å². The highest BCUT2D eigenvalue weighted by Crippen LogP contribution is 2.20. The zero-order valence-corrected chi connectivity index (χ0v) is 11.0.